The molecule has 0 aliphatic heterocycles. The van der Waals surface area contributed by atoms with Crippen molar-refractivity contribution in [2.45, 2.75) is 96.1 Å². The van der Waals surface area contributed by atoms with Gasteiger partial charge in [-0.3, -0.25) is 28.8 Å². The monoisotopic (exact) mass is 676 g/mol. The van der Waals surface area contributed by atoms with E-state index in [-0.39, 0.29) is 18.8 Å². The quantitative estimate of drug-likeness (QED) is 0.0482. The summed E-state index contributed by atoms with van der Waals surface area (Å²) < 4.78 is 0. The standard InChI is InChI=1S/C28H52N8O9S/c1-15(2)12-20(35-24(40)17(4)32-23(39)16(3)33-25(41)18(30)8-6-7-10-29)27(43)36-21(14-37)26(42)31-13-22(38)34-19(28(44)45)9-11-46-5/h15-21,37H,6-14,29-30H2,1-5H3,(H,31,42)(H,32,39)(H,33,41)(H,34,38)(H,35,40)(H,36,43)(H,44,45)/t16-,17-,18-,19-,20-,21-/m0/s1. The molecule has 0 radical (unpaired) electrons. The van der Waals surface area contributed by atoms with E-state index in [1.165, 1.54) is 25.6 Å². The number of aliphatic carboxylic acids is 1. The lowest BCUT2D eigenvalue weighted by Crippen LogP contribution is -2.58. The third-order valence-corrected chi connectivity index (χ3v) is 7.28. The third kappa shape index (κ3) is 17.3. The first-order valence-electron chi connectivity index (χ1n) is 15.1. The van der Waals surface area contributed by atoms with E-state index in [9.17, 15) is 43.8 Å². The van der Waals surface area contributed by atoms with Crippen molar-refractivity contribution in [3.63, 3.8) is 0 Å². The second-order valence-corrected chi connectivity index (χ2v) is 12.2. The molecule has 0 aliphatic carbocycles. The van der Waals surface area contributed by atoms with E-state index < -0.39 is 90.8 Å². The third-order valence-electron chi connectivity index (χ3n) is 6.63. The van der Waals surface area contributed by atoms with Crippen LogP contribution in [0.3, 0.4) is 0 Å². The molecule has 264 valence electrons. The zero-order chi connectivity index (χ0) is 35.4. The predicted molar refractivity (Wildman–Crippen MR) is 172 cm³/mol. The van der Waals surface area contributed by atoms with Crippen molar-refractivity contribution in [1.82, 2.24) is 31.9 Å². The van der Waals surface area contributed by atoms with Gasteiger partial charge in [0.2, 0.25) is 35.4 Å². The van der Waals surface area contributed by atoms with Crippen molar-refractivity contribution in [2.75, 3.05) is 31.7 Å². The number of rotatable bonds is 23. The fourth-order valence-corrected chi connectivity index (χ4v) is 4.40. The van der Waals surface area contributed by atoms with Crippen molar-refractivity contribution in [1.29, 1.82) is 0 Å². The Kier molecular flexibility index (Phi) is 21.2. The summed E-state index contributed by atoms with van der Waals surface area (Å²) in [6.45, 7) is 5.44. The number of aliphatic hydroxyl groups is 1. The molecule has 0 unspecified atom stereocenters. The van der Waals surface area contributed by atoms with Gasteiger partial charge in [-0.1, -0.05) is 20.3 Å². The van der Waals surface area contributed by atoms with E-state index in [1.807, 2.05) is 0 Å². The molecule has 0 aromatic rings. The van der Waals surface area contributed by atoms with Crippen LogP contribution in [0.2, 0.25) is 0 Å². The Hall–Kier alpha value is -3.48. The largest absolute Gasteiger partial charge is 0.480 e. The number of carbonyl (C=O) groups excluding carboxylic acids is 6. The first kappa shape index (κ1) is 42.5. The molecule has 0 aliphatic rings. The van der Waals surface area contributed by atoms with Crippen molar-refractivity contribution in [3.05, 3.63) is 0 Å². The molecule has 6 atom stereocenters. The molecule has 0 rings (SSSR count). The minimum Gasteiger partial charge on any atom is -0.480 e. The van der Waals surface area contributed by atoms with Gasteiger partial charge in [-0.05, 0) is 64.0 Å². The van der Waals surface area contributed by atoms with E-state index in [2.05, 4.69) is 31.9 Å². The summed E-state index contributed by atoms with van der Waals surface area (Å²) in [6, 6.07) is -6.73. The molecule has 0 aromatic carbocycles. The number of unbranched alkanes of at least 4 members (excludes halogenated alkanes) is 1. The van der Waals surface area contributed by atoms with Gasteiger partial charge in [0.25, 0.3) is 0 Å². The molecule has 0 fully saturated rings. The predicted octanol–water partition coefficient (Wildman–Crippen LogP) is -3.10. The van der Waals surface area contributed by atoms with E-state index in [0.717, 1.165) is 0 Å². The molecular formula is C28H52N8O9S. The summed E-state index contributed by atoms with van der Waals surface area (Å²) in [5.41, 5.74) is 11.3. The maximum absolute atomic E-state index is 13.1. The van der Waals surface area contributed by atoms with Gasteiger partial charge < -0.3 is 53.6 Å². The lowest BCUT2D eigenvalue weighted by atomic mass is 10.0. The first-order chi connectivity index (χ1) is 21.6. The zero-order valence-electron chi connectivity index (χ0n) is 27.2. The van der Waals surface area contributed by atoms with Gasteiger partial charge in [-0.25, -0.2) is 4.79 Å². The van der Waals surface area contributed by atoms with Gasteiger partial charge in [0, 0.05) is 0 Å². The second kappa shape index (κ2) is 22.9. The smallest absolute Gasteiger partial charge is 0.326 e. The Balaban J connectivity index is 5.15. The molecule has 18 heteroatoms. The molecule has 0 bridgehead atoms. The molecule has 0 heterocycles. The van der Waals surface area contributed by atoms with Crippen LogP contribution in [-0.2, 0) is 33.6 Å². The Bertz CT molecular complexity index is 1030. The number of nitrogens with two attached hydrogens (primary N) is 2. The molecule has 6 amide bonds. The number of carboxylic acid groups (broad SMARTS) is 1. The van der Waals surface area contributed by atoms with Crippen LogP contribution in [0.25, 0.3) is 0 Å². The summed E-state index contributed by atoms with van der Waals surface area (Å²) in [5.74, 6) is -5.21. The van der Waals surface area contributed by atoms with Crippen molar-refractivity contribution in [3.8, 4) is 0 Å². The van der Waals surface area contributed by atoms with E-state index in [0.29, 0.717) is 31.6 Å². The fraction of sp³-hybridized carbons (Fsp3) is 0.750. The van der Waals surface area contributed by atoms with Crippen LogP contribution in [0.5, 0.6) is 0 Å². The summed E-state index contributed by atoms with van der Waals surface area (Å²) >= 11 is 1.41. The van der Waals surface area contributed by atoms with Crippen LogP contribution in [0.15, 0.2) is 0 Å². The van der Waals surface area contributed by atoms with Gasteiger partial charge in [-0.15, -0.1) is 0 Å². The summed E-state index contributed by atoms with van der Waals surface area (Å²) in [7, 11) is 0. The number of nitrogens with one attached hydrogen (secondary N) is 6. The number of aliphatic hydroxyl groups excluding tert-OH is 1. The summed E-state index contributed by atoms with van der Waals surface area (Å²) in [5, 5.41) is 33.3. The van der Waals surface area contributed by atoms with Crippen molar-refractivity contribution >= 4 is 53.2 Å². The van der Waals surface area contributed by atoms with Crippen LogP contribution in [0, 0.1) is 5.92 Å². The van der Waals surface area contributed by atoms with Gasteiger partial charge in [-0.2, -0.15) is 11.8 Å². The number of carboxylic acids is 1. The average Bonchev–Trinajstić information content (AvgIpc) is 2.99. The maximum atomic E-state index is 13.1. The van der Waals surface area contributed by atoms with Gasteiger partial charge in [0.1, 0.15) is 30.2 Å². The lowest BCUT2D eigenvalue weighted by molar-refractivity contribution is -0.141. The molecule has 46 heavy (non-hydrogen) atoms. The lowest BCUT2D eigenvalue weighted by Gasteiger charge is -2.25. The Labute approximate surface area is 273 Å². The highest BCUT2D eigenvalue weighted by Crippen LogP contribution is 2.07. The van der Waals surface area contributed by atoms with E-state index >= 15 is 0 Å². The van der Waals surface area contributed by atoms with Crippen LogP contribution in [0.4, 0.5) is 0 Å². The maximum Gasteiger partial charge on any atom is 0.326 e. The minimum absolute atomic E-state index is 0.0939. The van der Waals surface area contributed by atoms with Crippen molar-refractivity contribution in [2.24, 2.45) is 17.4 Å². The highest BCUT2D eigenvalue weighted by molar-refractivity contribution is 7.98. The number of thioether (sulfide) groups is 1. The summed E-state index contributed by atoms with van der Waals surface area (Å²) in [4.78, 5) is 86.9. The van der Waals surface area contributed by atoms with Crippen LogP contribution in [-0.4, -0.2) is 120 Å². The average molecular weight is 677 g/mol. The molecular weight excluding hydrogens is 624 g/mol. The van der Waals surface area contributed by atoms with E-state index in [1.54, 1.807) is 20.1 Å². The Morgan fingerprint density at radius 3 is 1.80 bits per heavy atom. The van der Waals surface area contributed by atoms with Crippen LogP contribution < -0.4 is 43.4 Å². The molecule has 0 saturated heterocycles. The first-order valence-corrected chi connectivity index (χ1v) is 16.5. The molecule has 12 N–H and O–H groups in total. The second-order valence-electron chi connectivity index (χ2n) is 11.2. The summed E-state index contributed by atoms with van der Waals surface area (Å²) in [6.07, 6.45) is 3.87. The highest BCUT2D eigenvalue weighted by Gasteiger charge is 2.30. The minimum atomic E-state index is -1.48. The van der Waals surface area contributed by atoms with Crippen LogP contribution in [0.1, 0.15) is 59.8 Å². The normalized spacial score (nSPS) is 14.9. The Morgan fingerprint density at radius 2 is 1.28 bits per heavy atom. The number of hydrogen-bond acceptors (Lipinski definition) is 11. The number of amides is 6. The van der Waals surface area contributed by atoms with Crippen LogP contribution >= 0.6 is 11.8 Å². The topological polar surface area (TPSA) is 284 Å². The fourth-order valence-electron chi connectivity index (χ4n) is 3.92. The SMILES string of the molecule is CSCC[C@H](NC(=O)CNC(=O)[C@H](CO)NC(=O)[C@H](CC(C)C)NC(=O)[C@H](C)NC(=O)[C@H](C)NC(=O)[C@@H](N)CCCCN)C(=O)O. The van der Waals surface area contributed by atoms with E-state index in [4.69, 9.17) is 11.5 Å². The number of carbonyl (C=O) groups is 7. The molecule has 17 nitrogen and oxygen atoms in total. The molecule has 0 spiro atoms. The van der Waals surface area contributed by atoms with Gasteiger partial charge in [0.05, 0.1) is 19.2 Å². The highest BCUT2D eigenvalue weighted by atomic mass is 32.2. The zero-order valence-corrected chi connectivity index (χ0v) is 28.0. The van der Waals surface area contributed by atoms with Gasteiger partial charge in [0.15, 0.2) is 0 Å². The molecule has 0 aromatic heterocycles. The molecule has 0 saturated carbocycles. The van der Waals surface area contributed by atoms with Gasteiger partial charge >= 0.3 is 5.97 Å². The number of hydrogen-bond donors (Lipinski definition) is 10. The Morgan fingerprint density at radius 1 is 0.717 bits per heavy atom. The van der Waals surface area contributed by atoms with Crippen molar-refractivity contribution < 1.29 is 43.8 Å².